The predicted molar refractivity (Wildman–Crippen MR) is 61.7 cm³/mol. The van der Waals surface area contributed by atoms with Gasteiger partial charge in [0, 0.05) is 24.5 Å². The Hall–Kier alpha value is -0.450. The molecule has 0 bridgehead atoms. The van der Waals surface area contributed by atoms with E-state index in [4.69, 9.17) is 0 Å². The van der Waals surface area contributed by atoms with E-state index in [1.807, 2.05) is 7.05 Å². The Balaban J connectivity index is 2.24. The van der Waals surface area contributed by atoms with E-state index in [0.29, 0.717) is 6.04 Å². The van der Waals surface area contributed by atoms with Gasteiger partial charge in [-0.15, -0.1) is 11.3 Å². The summed E-state index contributed by atoms with van der Waals surface area (Å²) in [6.45, 7) is 6.16. The summed E-state index contributed by atoms with van der Waals surface area (Å²) in [7, 11) is 1.98. The van der Waals surface area contributed by atoms with Crippen LogP contribution in [0.4, 0.5) is 0 Å². The van der Waals surface area contributed by atoms with Crippen LogP contribution in [0.3, 0.4) is 0 Å². The van der Waals surface area contributed by atoms with Crippen molar-refractivity contribution in [2.75, 3.05) is 13.6 Å². The Kier molecular flexibility index (Phi) is 5.07. The first-order valence-corrected chi connectivity index (χ1v) is 5.95. The number of likely N-dealkylation sites (N-methyl/N-ethyl adjacent to an activating group) is 1. The van der Waals surface area contributed by atoms with Crippen LogP contribution >= 0.6 is 11.3 Å². The van der Waals surface area contributed by atoms with Gasteiger partial charge < -0.3 is 10.6 Å². The topological polar surface area (TPSA) is 37.0 Å². The first kappa shape index (κ1) is 11.6. The zero-order chi connectivity index (χ0) is 10.4. The molecular formula is C10H19N3S. The lowest BCUT2D eigenvalue weighted by atomic mass is 10.3. The van der Waals surface area contributed by atoms with Crippen LogP contribution in [0.5, 0.6) is 0 Å². The summed E-state index contributed by atoms with van der Waals surface area (Å²) in [5.41, 5.74) is 1.16. The SMILES string of the molecule is CCc1nc(CNCC(C)NC)cs1. The van der Waals surface area contributed by atoms with Crippen molar-refractivity contribution in [1.82, 2.24) is 15.6 Å². The monoisotopic (exact) mass is 213 g/mol. The van der Waals surface area contributed by atoms with Gasteiger partial charge in [0.05, 0.1) is 10.7 Å². The van der Waals surface area contributed by atoms with Crippen LogP contribution in [-0.4, -0.2) is 24.6 Å². The molecule has 4 heteroatoms. The molecule has 0 saturated carbocycles. The highest BCUT2D eigenvalue weighted by Gasteiger charge is 2.01. The minimum atomic E-state index is 0.513. The summed E-state index contributed by atoms with van der Waals surface area (Å²) in [4.78, 5) is 4.49. The fourth-order valence-corrected chi connectivity index (χ4v) is 1.86. The Bertz CT molecular complexity index is 260. The molecule has 1 heterocycles. The summed E-state index contributed by atoms with van der Waals surface area (Å²) in [6, 6.07) is 0.513. The molecule has 1 unspecified atom stereocenters. The molecule has 1 atom stereocenters. The van der Waals surface area contributed by atoms with Crippen LogP contribution < -0.4 is 10.6 Å². The van der Waals surface area contributed by atoms with E-state index in [0.717, 1.165) is 25.2 Å². The summed E-state index contributed by atoms with van der Waals surface area (Å²) in [6.07, 6.45) is 1.04. The number of nitrogens with one attached hydrogen (secondary N) is 2. The second-order valence-corrected chi connectivity index (χ2v) is 4.35. The highest BCUT2D eigenvalue weighted by atomic mass is 32.1. The van der Waals surface area contributed by atoms with Crippen LogP contribution in [0.15, 0.2) is 5.38 Å². The van der Waals surface area contributed by atoms with Crippen LogP contribution in [0.1, 0.15) is 24.5 Å². The third-order valence-electron chi connectivity index (χ3n) is 2.15. The molecule has 14 heavy (non-hydrogen) atoms. The van der Waals surface area contributed by atoms with Crippen molar-refractivity contribution in [3.05, 3.63) is 16.1 Å². The Morgan fingerprint density at radius 3 is 2.93 bits per heavy atom. The van der Waals surface area contributed by atoms with Gasteiger partial charge in [-0.05, 0) is 20.4 Å². The first-order valence-electron chi connectivity index (χ1n) is 5.07. The molecule has 0 spiro atoms. The minimum Gasteiger partial charge on any atom is -0.316 e. The van der Waals surface area contributed by atoms with Gasteiger partial charge in [0.1, 0.15) is 0 Å². The first-order chi connectivity index (χ1) is 6.76. The fourth-order valence-electron chi connectivity index (χ4n) is 1.11. The highest BCUT2D eigenvalue weighted by molar-refractivity contribution is 7.09. The zero-order valence-corrected chi connectivity index (χ0v) is 9.95. The van der Waals surface area contributed by atoms with Gasteiger partial charge in [-0.25, -0.2) is 4.98 Å². The second-order valence-electron chi connectivity index (χ2n) is 3.41. The van der Waals surface area contributed by atoms with E-state index < -0.39 is 0 Å². The minimum absolute atomic E-state index is 0.513. The van der Waals surface area contributed by atoms with E-state index in [9.17, 15) is 0 Å². The standard InChI is InChI=1S/C10H19N3S/c1-4-10-13-9(7-14-10)6-12-5-8(2)11-3/h7-8,11-12H,4-6H2,1-3H3. The smallest absolute Gasteiger partial charge is 0.0926 e. The third kappa shape index (κ3) is 3.74. The summed E-state index contributed by atoms with van der Waals surface area (Å²) < 4.78 is 0. The van der Waals surface area contributed by atoms with Gasteiger partial charge in [-0.3, -0.25) is 0 Å². The maximum atomic E-state index is 4.49. The molecule has 1 aromatic heterocycles. The van der Waals surface area contributed by atoms with Crippen molar-refractivity contribution in [2.45, 2.75) is 32.9 Å². The molecule has 0 saturated heterocycles. The number of aromatic nitrogens is 1. The molecule has 0 aliphatic heterocycles. The van der Waals surface area contributed by atoms with Gasteiger partial charge >= 0.3 is 0 Å². The van der Waals surface area contributed by atoms with Crippen LogP contribution in [0.2, 0.25) is 0 Å². The van der Waals surface area contributed by atoms with E-state index in [2.05, 4.69) is 34.8 Å². The van der Waals surface area contributed by atoms with Crippen LogP contribution in [0.25, 0.3) is 0 Å². The average molecular weight is 213 g/mol. The second kappa shape index (κ2) is 6.11. The van der Waals surface area contributed by atoms with Crippen molar-refractivity contribution in [1.29, 1.82) is 0 Å². The van der Waals surface area contributed by atoms with E-state index >= 15 is 0 Å². The lowest BCUT2D eigenvalue weighted by Crippen LogP contribution is -2.33. The molecule has 80 valence electrons. The molecule has 2 N–H and O–H groups in total. The molecule has 3 nitrogen and oxygen atoms in total. The van der Waals surface area contributed by atoms with Gasteiger partial charge in [0.15, 0.2) is 0 Å². The van der Waals surface area contributed by atoms with Crippen molar-refractivity contribution in [2.24, 2.45) is 0 Å². The average Bonchev–Trinajstić information content (AvgIpc) is 2.65. The van der Waals surface area contributed by atoms with Crippen LogP contribution in [-0.2, 0) is 13.0 Å². The quantitative estimate of drug-likeness (QED) is 0.750. The van der Waals surface area contributed by atoms with Crippen molar-refractivity contribution in [3.63, 3.8) is 0 Å². The Labute approximate surface area is 89.9 Å². The maximum Gasteiger partial charge on any atom is 0.0926 e. The Morgan fingerprint density at radius 2 is 2.36 bits per heavy atom. The lowest BCUT2D eigenvalue weighted by Gasteiger charge is -2.09. The number of aryl methyl sites for hydroxylation is 1. The lowest BCUT2D eigenvalue weighted by molar-refractivity contribution is 0.538. The molecular weight excluding hydrogens is 194 g/mol. The van der Waals surface area contributed by atoms with E-state index in [1.165, 1.54) is 5.01 Å². The molecule has 1 aromatic rings. The number of hydrogen-bond donors (Lipinski definition) is 2. The normalized spacial score (nSPS) is 13.1. The van der Waals surface area contributed by atoms with Gasteiger partial charge in [-0.2, -0.15) is 0 Å². The number of thiazole rings is 1. The number of rotatable bonds is 6. The highest BCUT2D eigenvalue weighted by Crippen LogP contribution is 2.09. The Morgan fingerprint density at radius 1 is 1.57 bits per heavy atom. The maximum absolute atomic E-state index is 4.49. The molecule has 1 rings (SSSR count). The largest absolute Gasteiger partial charge is 0.316 e. The molecule has 0 aliphatic rings. The van der Waals surface area contributed by atoms with Crippen molar-refractivity contribution < 1.29 is 0 Å². The summed E-state index contributed by atoms with van der Waals surface area (Å²) in [5.74, 6) is 0. The molecule has 0 amide bonds. The van der Waals surface area contributed by atoms with Gasteiger partial charge in [0.25, 0.3) is 0 Å². The summed E-state index contributed by atoms with van der Waals surface area (Å²) >= 11 is 1.75. The van der Waals surface area contributed by atoms with Gasteiger partial charge in [-0.1, -0.05) is 6.92 Å². The predicted octanol–water partition coefficient (Wildman–Crippen LogP) is 1.40. The zero-order valence-electron chi connectivity index (χ0n) is 9.13. The summed E-state index contributed by atoms with van der Waals surface area (Å²) in [5, 5.41) is 9.92. The third-order valence-corrected chi connectivity index (χ3v) is 3.19. The van der Waals surface area contributed by atoms with Crippen molar-refractivity contribution >= 4 is 11.3 Å². The van der Waals surface area contributed by atoms with Crippen LogP contribution in [0, 0.1) is 0 Å². The van der Waals surface area contributed by atoms with E-state index in [1.54, 1.807) is 11.3 Å². The molecule has 0 radical (unpaired) electrons. The van der Waals surface area contributed by atoms with Gasteiger partial charge in [0.2, 0.25) is 0 Å². The number of hydrogen-bond acceptors (Lipinski definition) is 4. The van der Waals surface area contributed by atoms with Crippen molar-refractivity contribution in [3.8, 4) is 0 Å². The molecule has 0 aliphatic carbocycles. The molecule has 0 aromatic carbocycles. The number of nitrogens with zero attached hydrogens (tertiary/aromatic N) is 1. The molecule has 0 fully saturated rings. The fraction of sp³-hybridized carbons (Fsp3) is 0.700. The van der Waals surface area contributed by atoms with E-state index in [-0.39, 0.29) is 0 Å².